The minimum atomic E-state index is -1.76. The van der Waals surface area contributed by atoms with Gasteiger partial charge in [-0.05, 0) is 61.1 Å². The van der Waals surface area contributed by atoms with Gasteiger partial charge in [0.05, 0.1) is 5.69 Å². The summed E-state index contributed by atoms with van der Waals surface area (Å²) in [6.45, 7) is 2.02. The number of rotatable bonds is 5. The summed E-state index contributed by atoms with van der Waals surface area (Å²) < 4.78 is 20.3. The van der Waals surface area contributed by atoms with Crippen LogP contribution in [-0.4, -0.2) is 9.32 Å². The van der Waals surface area contributed by atoms with Crippen molar-refractivity contribution >= 4 is 17.0 Å². The van der Waals surface area contributed by atoms with Gasteiger partial charge in [-0.25, -0.2) is 0 Å². The van der Waals surface area contributed by atoms with Crippen molar-refractivity contribution in [3.63, 3.8) is 0 Å². The van der Waals surface area contributed by atoms with Gasteiger partial charge in [-0.15, -0.1) is 0 Å². The fraction of sp³-hybridized carbons (Fsp3) is 0.368. The van der Waals surface area contributed by atoms with Gasteiger partial charge in [0.25, 0.3) is 0 Å². The third kappa shape index (κ3) is 4.09. The third-order valence-electron chi connectivity index (χ3n) is 4.54. The van der Waals surface area contributed by atoms with Crippen LogP contribution in [0.2, 0.25) is 0 Å². The fourth-order valence-corrected chi connectivity index (χ4v) is 3.99. The highest BCUT2D eigenvalue weighted by Crippen LogP contribution is 2.38. The van der Waals surface area contributed by atoms with Crippen molar-refractivity contribution < 1.29 is 13.5 Å². The normalized spacial score (nSPS) is 16.5. The molecule has 1 aliphatic rings. The van der Waals surface area contributed by atoms with Crippen molar-refractivity contribution in [3.05, 3.63) is 53.6 Å². The summed E-state index contributed by atoms with van der Waals surface area (Å²) in [4.78, 5) is 0. The number of aryl methyl sites for hydroxylation is 1. The molecule has 0 spiro atoms. The van der Waals surface area contributed by atoms with Crippen LogP contribution in [0.25, 0.3) is 0 Å². The SMILES string of the molecule is Cc1cc(O)c(NS(=O)Oc2ccccc2)cc1C1CCCCC1. The lowest BCUT2D eigenvalue weighted by Gasteiger charge is -2.24. The maximum absolute atomic E-state index is 12.2. The molecule has 2 aromatic carbocycles. The Bertz CT molecular complexity index is 712. The highest BCUT2D eigenvalue weighted by atomic mass is 32.2. The summed E-state index contributed by atoms with van der Waals surface area (Å²) in [6, 6.07) is 12.6. The van der Waals surface area contributed by atoms with Gasteiger partial charge in [0, 0.05) is 0 Å². The number of phenols is 1. The van der Waals surface area contributed by atoms with Crippen molar-refractivity contribution in [1.82, 2.24) is 0 Å². The molecule has 1 atom stereocenters. The fourth-order valence-electron chi connectivity index (χ4n) is 3.32. The first-order valence-corrected chi connectivity index (χ1v) is 9.46. The molecule has 0 amide bonds. The molecular weight excluding hydrogens is 322 g/mol. The summed E-state index contributed by atoms with van der Waals surface area (Å²) in [7, 11) is 0. The quantitative estimate of drug-likeness (QED) is 0.764. The Morgan fingerprint density at radius 2 is 1.83 bits per heavy atom. The molecule has 5 heteroatoms. The van der Waals surface area contributed by atoms with E-state index in [0.717, 1.165) is 5.56 Å². The zero-order valence-corrected chi connectivity index (χ0v) is 14.6. The van der Waals surface area contributed by atoms with Crippen LogP contribution in [0.15, 0.2) is 42.5 Å². The number of hydrogen-bond donors (Lipinski definition) is 2. The first-order valence-electron chi connectivity index (χ1n) is 8.39. The second-order valence-electron chi connectivity index (χ2n) is 6.29. The van der Waals surface area contributed by atoms with Crippen molar-refractivity contribution in [2.24, 2.45) is 0 Å². The first-order chi connectivity index (χ1) is 11.6. The lowest BCUT2D eigenvalue weighted by atomic mass is 9.82. The molecule has 2 aromatic rings. The number of anilines is 1. The number of phenolic OH excluding ortho intramolecular Hbond substituents is 1. The van der Waals surface area contributed by atoms with Crippen LogP contribution < -0.4 is 8.91 Å². The topological polar surface area (TPSA) is 58.6 Å². The summed E-state index contributed by atoms with van der Waals surface area (Å²) in [5.74, 6) is 1.13. The van der Waals surface area contributed by atoms with Crippen LogP contribution in [0, 0.1) is 6.92 Å². The molecule has 1 aliphatic carbocycles. The molecule has 0 aromatic heterocycles. The van der Waals surface area contributed by atoms with Crippen molar-refractivity contribution in [2.75, 3.05) is 4.72 Å². The van der Waals surface area contributed by atoms with E-state index in [2.05, 4.69) is 4.72 Å². The summed E-state index contributed by atoms with van der Waals surface area (Å²) in [6.07, 6.45) is 6.14. The molecule has 1 fully saturated rings. The molecule has 0 saturated heterocycles. The number of hydrogen-bond acceptors (Lipinski definition) is 3. The van der Waals surface area contributed by atoms with E-state index in [1.54, 1.807) is 18.2 Å². The minimum absolute atomic E-state index is 0.0945. The summed E-state index contributed by atoms with van der Waals surface area (Å²) in [5.41, 5.74) is 2.77. The van der Waals surface area contributed by atoms with E-state index in [1.165, 1.54) is 37.7 Å². The highest BCUT2D eigenvalue weighted by Gasteiger charge is 2.19. The molecule has 1 unspecified atom stereocenters. The van der Waals surface area contributed by atoms with E-state index >= 15 is 0 Å². The Morgan fingerprint density at radius 3 is 2.54 bits per heavy atom. The van der Waals surface area contributed by atoms with E-state index in [4.69, 9.17) is 4.18 Å². The molecule has 3 rings (SSSR count). The van der Waals surface area contributed by atoms with Crippen molar-refractivity contribution in [3.8, 4) is 11.5 Å². The Balaban J connectivity index is 1.76. The van der Waals surface area contributed by atoms with E-state index in [1.807, 2.05) is 31.2 Å². The molecule has 0 radical (unpaired) electrons. The van der Waals surface area contributed by atoms with Crippen LogP contribution in [0.5, 0.6) is 11.5 Å². The minimum Gasteiger partial charge on any atom is -0.506 e. The van der Waals surface area contributed by atoms with Crippen LogP contribution in [0.3, 0.4) is 0 Å². The number of benzene rings is 2. The van der Waals surface area contributed by atoms with Crippen LogP contribution in [0.1, 0.15) is 49.1 Å². The molecule has 128 valence electrons. The smallest absolute Gasteiger partial charge is 0.316 e. The van der Waals surface area contributed by atoms with E-state index in [-0.39, 0.29) is 5.75 Å². The van der Waals surface area contributed by atoms with Gasteiger partial charge in [0.15, 0.2) is 0 Å². The maximum atomic E-state index is 12.2. The average Bonchev–Trinajstić information content (AvgIpc) is 2.59. The predicted molar refractivity (Wildman–Crippen MR) is 97.5 cm³/mol. The largest absolute Gasteiger partial charge is 0.506 e. The van der Waals surface area contributed by atoms with E-state index in [0.29, 0.717) is 17.4 Å². The second-order valence-corrected chi connectivity index (χ2v) is 7.13. The molecule has 0 heterocycles. The average molecular weight is 345 g/mol. The van der Waals surface area contributed by atoms with Gasteiger partial charge in [-0.2, -0.15) is 4.21 Å². The third-order valence-corrected chi connectivity index (χ3v) is 5.27. The second kappa shape index (κ2) is 7.71. The van der Waals surface area contributed by atoms with Crippen LogP contribution in [0.4, 0.5) is 5.69 Å². The van der Waals surface area contributed by atoms with Gasteiger partial charge in [-0.3, -0.25) is 4.72 Å². The lowest BCUT2D eigenvalue weighted by molar-refractivity contribution is 0.440. The summed E-state index contributed by atoms with van der Waals surface area (Å²) >= 11 is -1.76. The van der Waals surface area contributed by atoms with Gasteiger partial charge in [0.1, 0.15) is 11.5 Å². The Kier molecular flexibility index (Phi) is 5.41. The predicted octanol–water partition coefficient (Wildman–Crippen LogP) is 4.82. The van der Waals surface area contributed by atoms with Crippen LogP contribution >= 0.6 is 0 Å². The van der Waals surface area contributed by atoms with Crippen molar-refractivity contribution in [1.29, 1.82) is 0 Å². The zero-order chi connectivity index (χ0) is 16.9. The zero-order valence-electron chi connectivity index (χ0n) is 13.8. The molecule has 2 N–H and O–H groups in total. The first kappa shape index (κ1) is 16.8. The molecule has 24 heavy (non-hydrogen) atoms. The van der Waals surface area contributed by atoms with E-state index < -0.39 is 11.3 Å². The highest BCUT2D eigenvalue weighted by molar-refractivity contribution is 7.82. The van der Waals surface area contributed by atoms with Gasteiger partial charge in [0.2, 0.25) is 0 Å². The number of para-hydroxylation sites is 1. The standard InChI is InChI=1S/C19H23NO3S/c1-14-12-19(21)18(13-17(14)15-8-4-2-5-9-15)20-24(22)23-16-10-6-3-7-11-16/h3,6-7,10-13,15,20-21H,2,4-5,8-9H2,1H3. The molecule has 4 nitrogen and oxygen atoms in total. The Hall–Kier alpha value is -2.01. The van der Waals surface area contributed by atoms with Crippen LogP contribution in [-0.2, 0) is 11.3 Å². The van der Waals surface area contributed by atoms with Gasteiger partial charge < -0.3 is 9.29 Å². The van der Waals surface area contributed by atoms with E-state index in [9.17, 15) is 9.32 Å². The Morgan fingerprint density at radius 1 is 1.12 bits per heavy atom. The monoisotopic (exact) mass is 345 g/mol. The molecule has 1 saturated carbocycles. The van der Waals surface area contributed by atoms with Crippen molar-refractivity contribution in [2.45, 2.75) is 44.9 Å². The number of nitrogens with one attached hydrogen (secondary N) is 1. The molecule has 0 aliphatic heterocycles. The summed E-state index contributed by atoms with van der Waals surface area (Å²) in [5, 5.41) is 10.2. The number of aromatic hydroxyl groups is 1. The maximum Gasteiger partial charge on any atom is 0.316 e. The molecular formula is C19H23NO3S. The Labute approximate surface area is 145 Å². The van der Waals surface area contributed by atoms with Gasteiger partial charge >= 0.3 is 11.3 Å². The lowest BCUT2D eigenvalue weighted by Crippen LogP contribution is -2.12. The molecule has 0 bridgehead atoms. The van der Waals surface area contributed by atoms with Gasteiger partial charge in [-0.1, -0.05) is 37.5 Å².